The van der Waals surface area contributed by atoms with E-state index in [9.17, 15) is 9.65 Å². The van der Waals surface area contributed by atoms with Gasteiger partial charge in [0, 0.05) is 53.4 Å². The summed E-state index contributed by atoms with van der Waals surface area (Å²) in [6.07, 6.45) is 7.11. The monoisotopic (exact) mass is 467 g/mol. The average Bonchev–Trinajstić information content (AvgIpc) is 3.47. The summed E-state index contributed by atoms with van der Waals surface area (Å²) < 4.78 is 20.2. The third kappa shape index (κ3) is 4.15. The largest absolute Gasteiger partial charge is 0.493 e. The zero-order valence-corrected chi connectivity index (χ0v) is 19.4. The number of allylic oxidation sites excluding steroid dienone is 3. The lowest BCUT2D eigenvalue weighted by molar-refractivity contribution is 0.356. The van der Waals surface area contributed by atoms with Gasteiger partial charge in [-0.3, -0.25) is 4.99 Å². The van der Waals surface area contributed by atoms with E-state index in [1.807, 2.05) is 12.3 Å². The molecular weight excluding hydrogens is 441 g/mol. The molecular formula is C28H26FN5O. The van der Waals surface area contributed by atoms with Crippen LogP contribution in [0, 0.1) is 23.1 Å². The average molecular weight is 468 g/mol. The van der Waals surface area contributed by atoms with Gasteiger partial charge in [-0.1, -0.05) is 24.3 Å². The molecule has 4 aliphatic heterocycles. The second-order valence-electron chi connectivity index (χ2n) is 9.30. The number of fused-ring (bicyclic) bond motifs is 2. The summed E-state index contributed by atoms with van der Waals surface area (Å²) in [6.45, 7) is 1.88. The molecule has 2 unspecified atom stereocenters. The summed E-state index contributed by atoms with van der Waals surface area (Å²) in [6, 6.07) is 14.4. The highest BCUT2D eigenvalue weighted by atomic mass is 19.1. The molecule has 2 N–H and O–H groups in total. The van der Waals surface area contributed by atoms with Crippen molar-refractivity contribution in [2.24, 2.45) is 15.9 Å². The van der Waals surface area contributed by atoms with Crippen molar-refractivity contribution in [3.63, 3.8) is 0 Å². The number of nitrogens with one attached hydrogen (secondary N) is 2. The fourth-order valence-electron chi connectivity index (χ4n) is 5.16. The number of amidine groups is 1. The molecule has 1 fully saturated rings. The summed E-state index contributed by atoms with van der Waals surface area (Å²) in [5.41, 5.74) is 6.35. The number of halogens is 1. The summed E-state index contributed by atoms with van der Waals surface area (Å²) in [4.78, 5) is 9.45. The number of nitriles is 1. The molecule has 0 bridgehead atoms. The minimum absolute atomic E-state index is 0.0793. The molecule has 0 saturated carbocycles. The number of aliphatic imine (C=N–C) groups is 2. The van der Waals surface area contributed by atoms with E-state index in [1.165, 1.54) is 11.6 Å². The number of rotatable bonds is 4. The molecule has 0 radical (unpaired) electrons. The van der Waals surface area contributed by atoms with Gasteiger partial charge < -0.3 is 15.4 Å². The van der Waals surface area contributed by atoms with Crippen LogP contribution in [0.4, 0.5) is 4.39 Å². The van der Waals surface area contributed by atoms with Crippen molar-refractivity contribution in [2.75, 3.05) is 13.2 Å². The van der Waals surface area contributed by atoms with E-state index in [1.54, 1.807) is 6.07 Å². The molecule has 2 atom stereocenters. The van der Waals surface area contributed by atoms with Crippen LogP contribution < -0.4 is 15.4 Å². The molecule has 176 valence electrons. The van der Waals surface area contributed by atoms with Crippen LogP contribution in [0.15, 0.2) is 63.9 Å². The highest BCUT2D eigenvalue weighted by Crippen LogP contribution is 2.34. The Hall–Kier alpha value is -3.76. The van der Waals surface area contributed by atoms with E-state index in [2.05, 4.69) is 41.0 Å². The Morgan fingerprint density at radius 1 is 1.14 bits per heavy atom. The Balaban J connectivity index is 1.32. The van der Waals surface area contributed by atoms with E-state index >= 15 is 0 Å². The summed E-state index contributed by atoms with van der Waals surface area (Å²) in [5.74, 6) is 1.27. The van der Waals surface area contributed by atoms with Crippen molar-refractivity contribution < 1.29 is 9.13 Å². The third-order valence-electron chi connectivity index (χ3n) is 7.25. The molecule has 2 aromatic carbocycles. The van der Waals surface area contributed by atoms with Crippen molar-refractivity contribution in [3.8, 4) is 11.8 Å². The topological polar surface area (TPSA) is 81.8 Å². The predicted octanol–water partition coefficient (Wildman–Crippen LogP) is 4.60. The quantitative estimate of drug-likeness (QED) is 0.689. The van der Waals surface area contributed by atoms with Crippen LogP contribution in [-0.4, -0.2) is 25.2 Å². The Labute approximate surface area is 203 Å². The lowest BCUT2D eigenvalue weighted by Crippen LogP contribution is -2.34. The molecule has 35 heavy (non-hydrogen) atoms. The number of benzene rings is 2. The summed E-state index contributed by atoms with van der Waals surface area (Å²) >= 11 is 0. The standard InChI is InChI=1S/C28H26FN5O/c29-24-6-7-26-21(10-12-35-26)23(24)16-33-27-8-5-19-13-20(14-30)34-28(19)22(15-32-27)17-1-3-18(4-2-17)25-9-11-31-25/h1-4,6-7,13,15,19,25,31,34H,5,8-12,16H2. The molecule has 4 aliphatic rings. The normalized spacial score (nSPS) is 23.9. The van der Waals surface area contributed by atoms with Gasteiger partial charge in [0.1, 0.15) is 29.2 Å². The molecule has 6 nitrogen and oxygen atoms in total. The second-order valence-corrected chi connectivity index (χ2v) is 9.30. The molecule has 0 aliphatic carbocycles. The van der Waals surface area contributed by atoms with Crippen molar-refractivity contribution in [2.45, 2.75) is 38.3 Å². The molecule has 4 heterocycles. The Morgan fingerprint density at radius 3 is 2.77 bits per heavy atom. The van der Waals surface area contributed by atoms with Gasteiger partial charge >= 0.3 is 0 Å². The predicted molar refractivity (Wildman–Crippen MR) is 134 cm³/mol. The van der Waals surface area contributed by atoms with Crippen LogP contribution in [0.3, 0.4) is 0 Å². The number of ether oxygens (including phenoxy) is 1. The maximum absolute atomic E-state index is 14.6. The fourth-order valence-corrected chi connectivity index (χ4v) is 5.16. The first-order valence-electron chi connectivity index (χ1n) is 12.2. The Bertz CT molecular complexity index is 1330. The minimum atomic E-state index is -0.251. The molecule has 1 saturated heterocycles. The van der Waals surface area contributed by atoms with Crippen molar-refractivity contribution >= 4 is 17.6 Å². The third-order valence-corrected chi connectivity index (χ3v) is 7.25. The maximum atomic E-state index is 14.6. The molecule has 0 spiro atoms. The molecule has 7 heteroatoms. The summed E-state index contributed by atoms with van der Waals surface area (Å²) in [5, 5.41) is 16.2. The first kappa shape index (κ1) is 21.8. The van der Waals surface area contributed by atoms with Gasteiger partial charge in [0.05, 0.1) is 13.2 Å². The molecule has 2 aromatic rings. The van der Waals surface area contributed by atoms with E-state index in [-0.39, 0.29) is 18.3 Å². The minimum Gasteiger partial charge on any atom is -0.493 e. The SMILES string of the molecule is N#CC1=CC2CCC(=NCc3c(F)ccc4c3CCO4)N=CC(c3ccc(C4CCN4)cc3)=C2N1. The molecule has 0 amide bonds. The summed E-state index contributed by atoms with van der Waals surface area (Å²) in [7, 11) is 0. The van der Waals surface area contributed by atoms with Crippen LogP contribution in [0.5, 0.6) is 5.75 Å². The van der Waals surface area contributed by atoms with Gasteiger partial charge in [0.25, 0.3) is 0 Å². The lowest BCUT2D eigenvalue weighted by atomic mass is 9.91. The zero-order valence-electron chi connectivity index (χ0n) is 19.4. The van der Waals surface area contributed by atoms with Gasteiger partial charge in [-0.2, -0.15) is 5.26 Å². The van der Waals surface area contributed by atoms with Crippen molar-refractivity contribution in [1.29, 1.82) is 5.26 Å². The first-order chi connectivity index (χ1) is 17.2. The van der Waals surface area contributed by atoms with E-state index < -0.39 is 0 Å². The highest BCUT2D eigenvalue weighted by Gasteiger charge is 2.27. The first-order valence-corrected chi connectivity index (χ1v) is 12.2. The number of nitrogens with zero attached hydrogens (tertiary/aromatic N) is 3. The van der Waals surface area contributed by atoms with Gasteiger partial charge in [-0.15, -0.1) is 0 Å². The maximum Gasteiger partial charge on any atom is 0.128 e. The van der Waals surface area contributed by atoms with Gasteiger partial charge in [0.2, 0.25) is 0 Å². The van der Waals surface area contributed by atoms with Crippen molar-refractivity contribution in [1.82, 2.24) is 10.6 Å². The molecule has 6 rings (SSSR count). The van der Waals surface area contributed by atoms with Crippen LogP contribution in [0.1, 0.15) is 47.6 Å². The number of hydrogen-bond donors (Lipinski definition) is 2. The smallest absolute Gasteiger partial charge is 0.128 e. The lowest BCUT2D eigenvalue weighted by Gasteiger charge is -2.28. The van der Waals surface area contributed by atoms with E-state index in [0.717, 1.165) is 47.5 Å². The Morgan fingerprint density at radius 2 is 2.00 bits per heavy atom. The van der Waals surface area contributed by atoms with E-state index in [0.29, 0.717) is 42.6 Å². The molecule has 0 aromatic heterocycles. The fraction of sp³-hybridized carbons (Fsp3) is 0.321. The van der Waals surface area contributed by atoms with Crippen LogP contribution >= 0.6 is 0 Å². The van der Waals surface area contributed by atoms with Gasteiger partial charge in [-0.25, -0.2) is 9.38 Å². The van der Waals surface area contributed by atoms with Crippen LogP contribution in [-0.2, 0) is 13.0 Å². The number of hydrogen-bond acceptors (Lipinski definition) is 5. The van der Waals surface area contributed by atoms with Crippen LogP contribution in [0.25, 0.3) is 5.57 Å². The Kier molecular flexibility index (Phi) is 5.67. The van der Waals surface area contributed by atoms with Crippen molar-refractivity contribution in [3.05, 3.63) is 81.9 Å². The second kappa shape index (κ2) is 9.12. The van der Waals surface area contributed by atoms with Gasteiger partial charge in [0.15, 0.2) is 0 Å². The zero-order chi connectivity index (χ0) is 23.8. The van der Waals surface area contributed by atoms with Gasteiger partial charge in [-0.05, 0) is 48.7 Å². The highest BCUT2D eigenvalue weighted by molar-refractivity contribution is 6.15. The van der Waals surface area contributed by atoms with Crippen LogP contribution in [0.2, 0.25) is 0 Å². The van der Waals surface area contributed by atoms with E-state index in [4.69, 9.17) is 14.7 Å².